The number of hydrogen-bond donors (Lipinski definition) is 0. The molecule has 0 unspecified atom stereocenters. The van der Waals surface area contributed by atoms with E-state index in [-0.39, 0.29) is 22.4 Å². The minimum atomic E-state index is -0.325. The van der Waals surface area contributed by atoms with Crippen LogP contribution in [-0.4, -0.2) is 17.0 Å². The summed E-state index contributed by atoms with van der Waals surface area (Å²) in [6, 6.07) is 9.08. The summed E-state index contributed by atoms with van der Waals surface area (Å²) < 4.78 is 5.91. The number of esters is 1. The molecule has 4 aliphatic carbocycles. The Labute approximate surface area is 235 Å². The van der Waals surface area contributed by atoms with Crippen molar-refractivity contribution in [3.05, 3.63) is 57.3 Å². The molecule has 5 rings (SSSR count). The summed E-state index contributed by atoms with van der Waals surface area (Å²) in [5, 5.41) is 12.5. The Morgan fingerprint density at radius 2 is 1.74 bits per heavy atom. The minimum Gasteiger partial charge on any atom is -0.458 e. The SMILES string of the molecule is CC(C)CCC[C@H](C)[C@H]1CC[C@H]2[C@@H]3CC([N+](=O)[O-])=C4C[C@H](OC(=O)c5ccccc5)CC[C@]4(C)[C@H]3CC[C@]12C. The molecule has 0 heterocycles. The second kappa shape index (κ2) is 11.0. The molecule has 214 valence electrons. The van der Waals surface area contributed by atoms with Crippen molar-refractivity contribution in [1.29, 1.82) is 0 Å². The number of ether oxygens (including phenoxy) is 1. The Kier molecular flexibility index (Phi) is 8.01. The number of allylic oxidation sites excluding steroid dienone is 1. The number of carbonyl (C=O) groups excluding carboxylic acids is 1. The fraction of sp³-hybridized carbons (Fsp3) is 0.735. The zero-order chi connectivity index (χ0) is 27.9. The third-order valence-electron chi connectivity index (χ3n) is 11.8. The number of fused-ring (bicyclic) bond motifs is 5. The van der Waals surface area contributed by atoms with Gasteiger partial charge >= 0.3 is 5.97 Å². The van der Waals surface area contributed by atoms with Crippen LogP contribution in [0.2, 0.25) is 0 Å². The van der Waals surface area contributed by atoms with Crippen molar-refractivity contribution in [2.45, 2.75) is 111 Å². The van der Waals surface area contributed by atoms with E-state index in [0.717, 1.165) is 36.2 Å². The number of nitrogens with zero attached hydrogens (tertiary/aromatic N) is 1. The van der Waals surface area contributed by atoms with Crippen LogP contribution in [0.4, 0.5) is 0 Å². The van der Waals surface area contributed by atoms with Crippen molar-refractivity contribution in [2.75, 3.05) is 0 Å². The molecule has 1 aromatic carbocycles. The predicted molar refractivity (Wildman–Crippen MR) is 155 cm³/mol. The molecule has 39 heavy (non-hydrogen) atoms. The van der Waals surface area contributed by atoms with E-state index in [1.807, 2.05) is 18.2 Å². The first kappa shape index (κ1) is 28.4. The molecule has 0 aromatic heterocycles. The lowest BCUT2D eigenvalue weighted by Crippen LogP contribution is -2.52. The van der Waals surface area contributed by atoms with Crippen LogP contribution in [0.15, 0.2) is 41.6 Å². The summed E-state index contributed by atoms with van der Waals surface area (Å²) in [5.74, 6) is 3.38. The quantitative estimate of drug-likeness (QED) is 0.189. The van der Waals surface area contributed by atoms with Crippen molar-refractivity contribution in [3.63, 3.8) is 0 Å². The Hall–Kier alpha value is -2.17. The van der Waals surface area contributed by atoms with Gasteiger partial charge in [-0.25, -0.2) is 4.79 Å². The van der Waals surface area contributed by atoms with E-state index in [2.05, 4.69) is 34.6 Å². The fourth-order valence-electron chi connectivity index (χ4n) is 9.84. The number of nitro groups is 1. The smallest absolute Gasteiger partial charge is 0.338 e. The van der Waals surface area contributed by atoms with Gasteiger partial charge in [0.15, 0.2) is 0 Å². The van der Waals surface area contributed by atoms with E-state index < -0.39 is 0 Å². The molecule has 0 aliphatic heterocycles. The standard InChI is InChI=1S/C34H49NO4/c1-22(2)10-9-11-23(3)27-14-15-28-26-21-31(35(37)38)30-20-25(39-32(36)24-12-7-6-8-13-24)16-18-34(30,5)29(26)17-19-33(27,28)4/h6-8,12-13,22-23,25-29H,9-11,14-21H2,1-5H3/t23-,25+,26-,27+,28-,29-,33+,34+/m0/s1. The van der Waals surface area contributed by atoms with Crippen LogP contribution in [0.3, 0.4) is 0 Å². The number of rotatable bonds is 8. The molecule has 5 nitrogen and oxygen atoms in total. The molecule has 0 amide bonds. The van der Waals surface area contributed by atoms with Crippen LogP contribution in [0.1, 0.15) is 116 Å². The molecule has 5 heteroatoms. The van der Waals surface area contributed by atoms with Gasteiger partial charge in [-0.15, -0.1) is 0 Å². The van der Waals surface area contributed by atoms with Gasteiger partial charge in [0.05, 0.1) is 10.5 Å². The first-order chi connectivity index (χ1) is 18.5. The molecular formula is C34H49NO4. The van der Waals surface area contributed by atoms with E-state index in [4.69, 9.17) is 4.74 Å². The summed E-state index contributed by atoms with van der Waals surface area (Å²) in [5.41, 5.74) is 2.10. The molecule has 8 atom stereocenters. The monoisotopic (exact) mass is 535 g/mol. The number of benzene rings is 1. The molecule has 4 aliphatic rings. The van der Waals surface area contributed by atoms with Gasteiger partial charge in [0.2, 0.25) is 5.70 Å². The summed E-state index contributed by atoms with van der Waals surface area (Å²) in [6.07, 6.45) is 11.3. The van der Waals surface area contributed by atoms with Crippen molar-refractivity contribution in [1.82, 2.24) is 0 Å². The average Bonchev–Trinajstić information content (AvgIpc) is 3.26. The second-order valence-corrected chi connectivity index (χ2v) is 14.3. The molecule has 0 N–H and O–H groups in total. The summed E-state index contributed by atoms with van der Waals surface area (Å²) in [4.78, 5) is 25.2. The normalized spacial score (nSPS) is 36.6. The summed E-state index contributed by atoms with van der Waals surface area (Å²) >= 11 is 0. The molecule has 0 spiro atoms. The van der Waals surface area contributed by atoms with Crippen molar-refractivity contribution in [2.24, 2.45) is 46.3 Å². The van der Waals surface area contributed by atoms with Crippen LogP contribution in [0, 0.1) is 56.5 Å². The maximum Gasteiger partial charge on any atom is 0.338 e. The fourth-order valence-corrected chi connectivity index (χ4v) is 9.84. The minimum absolute atomic E-state index is 0.0852. The molecule has 1 aromatic rings. The number of carbonyl (C=O) groups is 1. The van der Waals surface area contributed by atoms with E-state index in [1.54, 1.807) is 12.1 Å². The van der Waals surface area contributed by atoms with Gasteiger partial charge in [-0.3, -0.25) is 10.1 Å². The first-order valence-corrected chi connectivity index (χ1v) is 15.7. The molecule has 0 bridgehead atoms. The van der Waals surface area contributed by atoms with E-state index >= 15 is 0 Å². The summed E-state index contributed by atoms with van der Waals surface area (Å²) in [6.45, 7) is 12.0. The molecule has 3 saturated carbocycles. The third kappa shape index (κ3) is 5.20. The van der Waals surface area contributed by atoms with E-state index in [9.17, 15) is 14.9 Å². The zero-order valence-electron chi connectivity index (χ0n) is 24.8. The van der Waals surface area contributed by atoms with Crippen LogP contribution < -0.4 is 0 Å². The van der Waals surface area contributed by atoms with Crippen LogP contribution in [0.25, 0.3) is 0 Å². The molecule has 0 saturated heterocycles. The Morgan fingerprint density at radius 1 is 1.00 bits per heavy atom. The Morgan fingerprint density at radius 3 is 2.44 bits per heavy atom. The molecular weight excluding hydrogens is 486 g/mol. The highest BCUT2D eigenvalue weighted by atomic mass is 16.6. The lowest BCUT2D eigenvalue weighted by Gasteiger charge is -2.58. The van der Waals surface area contributed by atoms with E-state index in [1.165, 1.54) is 44.9 Å². The van der Waals surface area contributed by atoms with Crippen molar-refractivity contribution >= 4 is 5.97 Å². The Bertz CT molecular complexity index is 1100. The average molecular weight is 536 g/mol. The lowest BCUT2D eigenvalue weighted by atomic mass is 9.46. The van der Waals surface area contributed by atoms with Gasteiger partial charge in [-0.2, -0.15) is 0 Å². The van der Waals surface area contributed by atoms with Crippen molar-refractivity contribution < 1.29 is 14.5 Å². The topological polar surface area (TPSA) is 69.4 Å². The van der Waals surface area contributed by atoms with Gasteiger partial charge < -0.3 is 4.74 Å². The largest absolute Gasteiger partial charge is 0.458 e. The van der Waals surface area contributed by atoms with Gasteiger partial charge in [0, 0.05) is 18.4 Å². The Balaban J connectivity index is 1.35. The number of hydrogen-bond acceptors (Lipinski definition) is 4. The zero-order valence-corrected chi connectivity index (χ0v) is 24.8. The van der Waals surface area contributed by atoms with Gasteiger partial charge in [0.1, 0.15) is 6.10 Å². The first-order valence-electron chi connectivity index (χ1n) is 15.7. The van der Waals surface area contributed by atoms with E-state index in [0.29, 0.717) is 47.3 Å². The van der Waals surface area contributed by atoms with Crippen LogP contribution in [0.5, 0.6) is 0 Å². The highest BCUT2D eigenvalue weighted by Gasteiger charge is 2.62. The molecule has 3 fully saturated rings. The van der Waals surface area contributed by atoms with Crippen LogP contribution >= 0.6 is 0 Å². The third-order valence-corrected chi connectivity index (χ3v) is 11.8. The van der Waals surface area contributed by atoms with Crippen molar-refractivity contribution in [3.8, 4) is 0 Å². The van der Waals surface area contributed by atoms with Crippen LogP contribution in [-0.2, 0) is 4.74 Å². The van der Waals surface area contributed by atoms with Gasteiger partial charge in [-0.05, 0) is 97.0 Å². The highest BCUT2D eigenvalue weighted by molar-refractivity contribution is 5.89. The highest BCUT2D eigenvalue weighted by Crippen LogP contribution is 2.68. The lowest BCUT2D eigenvalue weighted by molar-refractivity contribution is -0.434. The second-order valence-electron chi connectivity index (χ2n) is 14.3. The van der Waals surface area contributed by atoms with Gasteiger partial charge in [-0.1, -0.05) is 72.1 Å². The summed E-state index contributed by atoms with van der Waals surface area (Å²) in [7, 11) is 0. The van der Waals surface area contributed by atoms with Gasteiger partial charge in [0.25, 0.3) is 0 Å². The molecule has 0 radical (unpaired) electrons. The maximum atomic E-state index is 12.8. The maximum absolute atomic E-state index is 12.8. The predicted octanol–water partition coefficient (Wildman–Crippen LogP) is 8.86.